The van der Waals surface area contributed by atoms with Gasteiger partial charge < -0.3 is 24.7 Å². The Labute approximate surface area is 247 Å². The smallest absolute Gasteiger partial charge is 0.371 e. The molecule has 1 aliphatic rings. The SMILES string of the molecule is CC[n+]1ccsc1N=Nc1ccc(N2CCCN(c3ccc(N=Nc4scc[n+]4CC)cc3)CCC2)cc1.[CH3-].[CH3-]. The fraction of sp³-hybridized carbons (Fsp3) is 0.333. The Morgan fingerprint density at radius 1 is 0.600 bits per heavy atom. The summed E-state index contributed by atoms with van der Waals surface area (Å²) in [4.78, 5) is 4.97. The third-order valence-corrected chi connectivity index (χ3v) is 8.21. The topological polar surface area (TPSA) is 63.7 Å². The van der Waals surface area contributed by atoms with Gasteiger partial charge in [-0.05, 0) is 108 Å². The minimum absolute atomic E-state index is 0. The van der Waals surface area contributed by atoms with E-state index in [0.29, 0.717) is 0 Å². The number of rotatable bonds is 8. The van der Waals surface area contributed by atoms with Gasteiger partial charge in [0.15, 0.2) is 0 Å². The van der Waals surface area contributed by atoms with E-state index in [1.807, 2.05) is 23.2 Å². The Morgan fingerprint density at radius 3 is 1.32 bits per heavy atom. The maximum Gasteiger partial charge on any atom is 0.408 e. The van der Waals surface area contributed by atoms with Crippen molar-refractivity contribution < 1.29 is 9.13 Å². The molecule has 1 fully saturated rings. The molecule has 10 heteroatoms. The van der Waals surface area contributed by atoms with E-state index < -0.39 is 0 Å². The third-order valence-electron chi connectivity index (χ3n) is 6.65. The van der Waals surface area contributed by atoms with Crippen molar-refractivity contribution >= 4 is 55.7 Å². The molecule has 0 aliphatic carbocycles. The monoisotopic (exact) mass is 576 g/mol. The van der Waals surface area contributed by atoms with E-state index in [9.17, 15) is 0 Å². The second-order valence-electron chi connectivity index (χ2n) is 9.06. The number of aryl methyl sites for hydroxylation is 2. The van der Waals surface area contributed by atoms with Gasteiger partial charge in [0.2, 0.25) is 0 Å². The van der Waals surface area contributed by atoms with E-state index >= 15 is 0 Å². The molecule has 3 heterocycles. The van der Waals surface area contributed by atoms with E-state index in [1.165, 1.54) is 11.4 Å². The normalized spacial score (nSPS) is 14.2. The molecule has 0 bridgehead atoms. The van der Waals surface area contributed by atoms with Gasteiger partial charge in [-0.3, -0.25) is 0 Å². The first-order chi connectivity index (χ1) is 18.7. The zero-order valence-electron chi connectivity index (χ0n) is 24.0. The van der Waals surface area contributed by atoms with Crippen LogP contribution in [-0.4, -0.2) is 26.2 Å². The molecule has 8 nitrogen and oxygen atoms in total. The van der Waals surface area contributed by atoms with Crippen LogP contribution in [0.2, 0.25) is 0 Å². The van der Waals surface area contributed by atoms with Crippen molar-refractivity contribution in [3.63, 3.8) is 0 Å². The van der Waals surface area contributed by atoms with E-state index in [1.54, 1.807) is 22.7 Å². The predicted molar refractivity (Wildman–Crippen MR) is 168 cm³/mol. The molecule has 1 aliphatic heterocycles. The van der Waals surface area contributed by atoms with E-state index in [2.05, 4.69) is 102 Å². The van der Waals surface area contributed by atoms with Gasteiger partial charge in [-0.1, -0.05) is 0 Å². The third kappa shape index (κ3) is 7.79. The lowest BCUT2D eigenvalue weighted by Crippen LogP contribution is -2.36. The molecule has 0 atom stereocenters. The van der Waals surface area contributed by atoms with Crippen molar-refractivity contribution in [1.82, 2.24) is 0 Å². The van der Waals surface area contributed by atoms with Crippen molar-refractivity contribution in [2.75, 3.05) is 36.0 Å². The summed E-state index contributed by atoms with van der Waals surface area (Å²) in [5.74, 6) is 0. The molecule has 0 N–H and O–H groups in total. The maximum atomic E-state index is 4.44. The molecule has 212 valence electrons. The summed E-state index contributed by atoms with van der Waals surface area (Å²) < 4.78 is 4.19. The van der Waals surface area contributed by atoms with E-state index in [4.69, 9.17) is 0 Å². The Bertz CT molecular complexity index is 1250. The molecule has 0 saturated carbocycles. The number of anilines is 2. The fourth-order valence-electron chi connectivity index (χ4n) is 4.54. The van der Waals surface area contributed by atoms with Crippen LogP contribution in [0.4, 0.5) is 33.0 Å². The quantitative estimate of drug-likeness (QED) is 0.120. The van der Waals surface area contributed by atoms with Gasteiger partial charge in [-0.15, -0.1) is 0 Å². The van der Waals surface area contributed by atoms with Crippen LogP contribution in [0.1, 0.15) is 26.7 Å². The molecular formula is C30H40N8S2. The van der Waals surface area contributed by atoms with Crippen LogP contribution in [0.15, 0.2) is 92.1 Å². The first kappa shape index (κ1) is 31.0. The summed E-state index contributed by atoms with van der Waals surface area (Å²) >= 11 is 3.21. The van der Waals surface area contributed by atoms with Crippen LogP contribution in [-0.2, 0) is 13.1 Å². The molecule has 1 saturated heterocycles. The average molecular weight is 577 g/mol. The van der Waals surface area contributed by atoms with Gasteiger partial charge in [0.25, 0.3) is 0 Å². The molecule has 40 heavy (non-hydrogen) atoms. The highest BCUT2D eigenvalue weighted by atomic mass is 32.1. The second kappa shape index (κ2) is 15.3. The predicted octanol–water partition coefficient (Wildman–Crippen LogP) is 8.26. The number of nitrogens with zero attached hydrogens (tertiary/aromatic N) is 8. The molecule has 0 spiro atoms. The highest BCUT2D eigenvalue weighted by Gasteiger charge is 2.15. The van der Waals surface area contributed by atoms with Crippen LogP contribution in [0.25, 0.3) is 0 Å². The lowest BCUT2D eigenvalue weighted by Gasteiger charge is -2.33. The number of aromatic nitrogens is 2. The maximum absolute atomic E-state index is 4.44. The largest absolute Gasteiger partial charge is 0.408 e. The van der Waals surface area contributed by atoms with Crippen molar-refractivity contribution in [3.8, 4) is 0 Å². The van der Waals surface area contributed by atoms with Crippen molar-refractivity contribution in [2.45, 2.75) is 39.8 Å². The number of benzene rings is 2. The summed E-state index contributed by atoms with van der Waals surface area (Å²) in [5, 5.41) is 23.6. The van der Waals surface area contributed by atoms with Gasteiger partial charge in [0, 0.05) is 48.3 Å². The van der Waals surface area contributed by atoms with Crippen LogP contribution >= 0.6 is 22.7 Å². The Morgan fingerprint density at radius 2 is 0.975 bits per heavy atom. The lowest BCUT2D eigenvalue weighted by atomic mass is 10.2. The molecule has 0 unspecified atom stereocenters. The van der Waals surface area contributed by atoms with Gasteiger partial charge >= 0.3 is 10.3 Å². The minimum Gasteiger partial charge on any atom is -0.371 e. The number of hydrogen-bond acceptors (Lipinski definition) is 8. The molecule has 2 aromatic carbocycles. The van der Waals surface area contributed by atoms with Crippen LogP contribution in [0.3, 0.4) is 0 Å². The summed E-state index contributed by atoms with van der Waals surface area (Å²) in [6.45, 7) is 10.2. The Kier molecular flexibility index (Phi) is 11.9. The molecule has 2 aromatic heterocycles. The number of hydrogen-bond donors (Lipinski definition) is 0. The van der Waals surface area contributed by atoms with Crippen molar-refractivity contribution in [3.05, 3.63) is 86.5 Å². The van der Waals surface area contributed by atoms with Crippen LogP contribution in [0.5, 0.6) is 0 Å². The second-order valence-corrected chi connectivity index (χ2v) is 10.8. The highest BCUT2D eigenvalue weighted by Crippen LogP contribution is 2.26. The Balaban J connectivity index is 0.00000220. The molecular weight excluding hydrogens is 537 g/mol. The molecule has 0 amide bonds. The number of thiazole rings is 2. The molecule has 4 aromatic rings. The van der Waals surface area contributed by atoms with Crippen molar-refractivity contribution in [1.29, 1.82) is 0 Å². The number of azo groups is 2. The van der Waals surface area contributed by atoms with Gasteiger partial charge in [-0.25, -0.2) is 9.13 Å². The summed E-state index contributed by atoms with van der Waals surface area (Å²) in [7, 11) is 0. The van der Waals surface area contributed by atoms with Gasteiger partial charge in [-0.2, -0.15) is 0 Å². The molecule has 0 radical (unpaired) electrons. The zero-order chi connectivity index (χ0) is 26.2. The van der Waals surface area contributed by atoms with Gasteiger partial charge in [0.05, 0.1) is 23.3 Å². The fourth-order valence-corrected chi connectivity index (χ4v) is 6.03. The summed E-state index contributed by atoms with van der Waals surface area (Å²) in [6, 6.07) is 16.9. The molecule has 5 rings (SSSR count). The first-order valence-corrected chi connectivity index (χ1v) is 15.0. The van der Waals surface area contributed by atoms with E-state index in [-0.39, 0.29) is 14.9 Å². The minimum atomic E-state index is 0. The highest BCUT2D eigenvalue weighted by molar-refractivity contribution is 7.13. The van der Waals surface area contributed by atoms with Crippen molar-refractivity contribution in [2.24, 2.45) is 20.5 Å². The Hall–Kier alpha value is -3.50. The first-order valence-electron chi connectivity index (χ1n) is 13.2. The average Bonchev–Trinajstić information content (AvgIpc) is 3.60. The lowest BCUT2D eigenvalue weighted by molar-refractivity contribution is -0.677. The standard InChI is InChI=1S/C28H34N8S2.2CH3/c1-3-33-19-21-37-27(33)31-29-23-7-11-25(12-8-23)35-15-5-17-36(18-6-16-35)26-13-9-24(10-14-26)30-32-28-34(4-2)20-22-38-28;;/h7-14,19-22H,3-6,15-18H2,1-2H3;2*1H3/q+2;2*-1. The van der Waals surface area contributed by atoms with E-state index in [0.717, 1.165) is 73.7 Å². The zero-order valence-corrected chi connectivity index (χ0v) is 25.6. The summed E-state index contributed by atoms with van der Waals surface area (Å²) in [5.41, 5.74) is 4.26. The van der Waals surface area contributed by atoms with Crippen LogP contribution in [0, 0.1) is 14.9 Å². The van der Waals surface area contributed by atoms with Gasteiger partial charge in [0.1, 0.15) is 23.8 Å². The van der Waals surface area contributed by atoms with Crippen LogP contribution < -0.4 is 18.9 Å². The summed E-state index contributed by atoms with van der Waals surface area (Å²) in [6.07, 6.45) is 6.29.